The fourth-order valence-corrected chi connectivity index (χ4v) is 1.78. The van der Waals surface area contributed by atoms with E-state index in [2.05, 4.69) is 15.6 Å². The molecule has 7 nitrogen and oxygen atoms in total. The van der Waals surface area contributed by atoms with Crippen LogP contribution in [0.15, 0.2) is 0 Å². The van der Waals surface area contributed by atoms with Crippen LogP contribution in [0.4, 0.5) is 0 Å². The van der Waals surface area contributed by atoms with Crippen molar-refractivity contribution in [2.45, 2.75) is 45.2 Å². The Morgan fingerprint density at radius 3 is 2.72 bits per heavy atom. The summed E-state index contributed by atoms with van der Waals surface area (Å²) in [5.41, 5.74) is 0.393. The molecule has 1 aromatic heterocycles. The highest BCUT2D eigenvalue weighted by molar-refractivity contribution is 5.87. The zero-order chi connectivity index (χ0) is 13.3. The Kier molecular flexibility index (Phi) is 3.31. The molecule has 1 aromatic rings. The minimum atomic E-state index is -1.12. The molecule has 1 fully saturated rings. The molecule has 1 heterocycles. The molecule has 1 aliphatic carbocycles. The van der Waals surface area contributed by atoms with Crippen LogP contribution in [0.1, 0.15) is 48.9 Å². The van der Waals surface area contributed by atoms with Crippen molar-refractivity contribution in [3.8, 4) is 0 Å². The van der Waals surface area contributed by atoms with E-state index in [1.807, 2.05) is 6.92 Å². The second-order valence-electron chi connectivity index (χ2n) is 4.45. The van der Waals surface area contributed by atoms with Gasteiger partial charge >= 0.3 is 5.97 Å². The van der Waals surface area contributed by atoms with Gasteiger partial charge in [0.2, 0.25) is 5.91 Å². The van der Waals surface area contributed by atoms with E-state index in [-0.39, 0.29) is 17.6 Å². The molecule has 0 bridgehead atoms. The van der Waals surface area contributed by atoms with Gasteiger partial charge in [0, 0.05) is 6.04 Å². The standard InChI is InChI=1S/C11H16N4O3/c1-3-8-9(11(17)18)13-14-15(8)6(2)10(16)12-7-4-5-7/h6-7H,3-5H2,1-2H3,(H,12,16)(H,17,18). The molecule has 0 aromatic carbocycles. The number of carbonyl (C=O) groups excluding carboxylic acids is 1. The maximum absolute atomic E-state index is 11.9. The number of carbonyl (C=O) groups is 2. The maximum atomic E-state index is 11.9. The van der Waals surface area contributed by atoms with Gasteiger partial charge in [0.05, 0.1) is 5.69 Å². The highest BCUT2D eigenvalue weighted by Gasteiger charge is 2.29. The largest absolute Gasteiger partial charge is 0.476 e. The van der Waals surface area contributed by atoms with Gasteiger partial charge in [-0.1, -0.05) is 12.1 Å². The van der Waals surface area contributed by atoms with Crippen molar-refractivity contribution in [1.82, 2.24) is 20.3 Å². The lowest BCUT2D eigenvalue weighted by Crippen LogP contribution is -2.33. The van der Waals surface area contributed by atoms with Crippen molar-refractivity contribution in [2.75, 3.05) is 0 Å². The van der Waals surface area contributed by atoms with Gasteiger partial charge in [0.1, 0.15) is 6.04 Å². The summed E-state index contributed by atoms with van der Waals surface area (Å²) in [5.74, 6) is -1.26. The van der Waals surface area contributed by atoms with Crippen LogP contribution in [0.2, 0.25) is 0 Å². The normalized spacial score (nSPS) is 16.3. The van der Waals surface area contributed by atoms with Crippen molar-refractivity contribution in [2.24, 2.45) is 0 Å². The third-order valence-corrected chi connectivity index (χ3v) is 3.00. The zero-order valence-corrected chi connectivity index (χ0v) is 10.4. The first-order chi connectivity index (χ1) is 8.54. The summed E-state index contributed by atoms with van der Waals surface area (Å²) in [6.45, 7) is 3.50. The van der Waals surface area contributed by atoms with Crippen LogP contribution in [-0.2, 0) is 11.2 Å². The van der Waals surface area contributed by atoms with Gasteiger partial charge < -0.3 is 10.4 Å². The third-order valence-electron chi connectivity index (χ3n) is 3.00. The molecule has 0 radical (unpaired) electrons. The molecule has 1 saturated carbocycles. The van der Waals surface area contributed by atoms with E-state index >= 15 is 0 Å². The molecule has 1 aliphatic rings. The Bertz CT molecular complexity index is 479. The number of aromatic carboxylic acids is 1. The number of carboxylic acid groups (broad SMARTS) is 1. The van der Waals surface area contributed by atoms with Crippen LogP contribution in [0, 0.1) is 0 Å². The number of hydrogen-bond donors (Lipinski definition) is 2. The Hall–Kier alpha value is -1.92. The van der Waals surface area contributed by atoms with Gasteiger partial charge in [-0.25, -0.2) is 9.48 Å². The lowest BCUT2D eigenvalue weighted by Gasteiger charge is -2.14. The van der Waals surface area contributed by atoms with Gasteiger partial charge in [-0.15, -0.1) is 5.10 Å². The van der Waals surface area contributed by atoms with Crippen LogP contribution in [0.5, 0.6) is 0 Å². The molecule has 7 heteroatoms. The number of amides is 1. The number of carboxylic acids is 1. The summed E-state index contributed by atoms with van der Waals surface area (Å²) in [5, 5.41) is 19.2. The molecule has 0 spiro atoms. The predicted octanol–water partition coefficient (Wildman–Crippen LogP) is 0.378. The first kappa shape index (κ1) is 12.5. The van der Waals surface area contributed by atoms with Gasteiger partial charge in [0.15, 0.2) is 5.69 Å². The van der Waals surface area contributed by atoms with Crippen LogP contribution in [0.3, 0.4) is 0 Å². The SMILES string of the molecule is CCc1c(C(=O)O)nnn1C(C)C(=O)NC1CC1. The Morgan fingerprint density at radius 2 is 2.22 bits per heavy atom. The molecule has 1 unspecified atom stereocenters. The smallest absolute Gasteiger partial charge is 0.358 e. The van der Waals surface area contributed by atoms with E-state index in [1.54, 1.807) is 6.92 Å². The first-order valence-corrected chi connectivity index (χ1v) is 6.02. The van der Waals surface area contributed by atoms with Crippen molar-refractivity contribution in [3.05, 3.63) is 11.4 Å². The topological polar surface area (TPSA) is 97.1 Å². The molecular weight excluding hydrogens is 236 g/mol. The van der Waals surface area contributed by atoms with Crippen molar-refractivity contribution in [3.63, 3.8) is 0 Å². The number of hydrogen-bond acceptors (Lipinski definition) is 4. The Morgan fingerprint density at radius 1 is 1.56 bits per heavy atom. The van der Waals surface area contributed by atoms with Gasteiger partial charge in [0.25, 0.3) is 0 Å². The number of rotatable bonds is 5. The van der Waals surface area contributed by atoms with Gasteiger partial charge in [-0.2, -0.15) is 0 Å². The number of nitrogens with zero attached hydrogens (tertiary/aromatic N) is 3. The van der Waals surface area contributed by atoms with Gasteiger partial charge in [-0.3, -0.25) is 4.79 Å². The fourth-order valence-electron chi connectivity index (χ4n) is 1.78. The molecule has 98 valence electrons. The van der Waals surface area contributed by atoms with Crippen molar-refractivity contribution in [1.29, 1.82) is 0 Å². The summed E-state index contributed by atoms with van der Waals surface area (Å²) in [7, 11) is 0. The quantitative estimate of drug-likeness (QED) is 0.789. The Balaban J connectivity index is 2.20. The minimum absolute atomic E-state index is 0.0800. The average Bonchev–Trinajstić information content (AvgIpc) is 3.03. The molecule has 2 N–H and O–H groups in total. The fraction of sp³-hybridized carbons (Fsp3) is 0.636. The summed E-state index contributed by atoms with van der Waals surface area (Å²) in [6, 6.07) is -0.270. The van der Waals surface area contributed by atoms with Gasteiger partial charge in [-0.05, 0) is 26.2 Å². The summed E-state index contributed by atoms with van der Waals surface area (Å²) in [4.78, 5) is 22.9. The monoisotopic (exact) mass is 252 g/mol. The molecule has 0 saturated heterocycles. The molecular formula is C11H16N4O3. The van der Waals surface area contributed by atoms with Crippen LogP contribution < -0.4 is 5.32 Å². The molecule has 0 aliphatic heterocycles. The molecule has 1 amide bonds. The maximum Gasteiger partial charge on any atom is 0.358 e. The van der Waals surface area contributed by atoms with E-state index in [9.17, 15) is 9.59 Å². The third kappa shape index (κ3) is 2.34. The zero-order valence-electron chi connectivity index (χ0n) is 10.4. The lowest BCUT2D eigenvalue weighted by atomic mass is 10.2. The number of aromatic nitrogens is 3. The van der Waals surface area contributed by atoms with Crippen LogP contribution >= 0.6 is 0 Å². The van der Waals surface area contributed by atoms with E-state index in [0.717, 1.165) is 12.8 Å². The molecule has 18 heavy (non-hydrogen) atoms. The van der Waals surface area contributed by atoms with E-state index in [0.29, 0.717) is 12.1 Å². The Labute approximate surface area is 104 Å². The summed E-state index contributed by atoms with van der Waals surface area (Å²) < 4.78 is 1.39. The van der Waals surface area contributed by atoms with Crippen LogP contribution in [0.25, 0.3) is 0 Å². The average molecular weight is 252 g/mol. The van der Waals surface area contributed by atoms with E-state index in [4.69, 9.17) is 5.11 Å². The van der Waals surface area contributed by atoms with E-state index < -0.39 is 12.0 Å². The summed E-state index contributed by atoms with van der Waals surface area (Å²) >= 11 is 0. The van der Waals surface area contributed by atoms with Crippen molar-refractivity contribution < 1.29 is 14.7 Å². The second kappa shape index (κ2) is 4.75. The summed E-state index contributed by atoms with van der Waals surface area (Å²) in [6.07, 6.45) is 2.49. The highest BCUT2D eigenvalue weighted by atomic mass is 16.4. The lowest BCUT2D eigenvalue weighted by molar-refractivity contribution is -0.124. The van der Waals surface area contributed by atoms with Crippen molar-refractivity contribution >= 4 is 11.9 Å². The second-order valence-corrected chi connectivity index (χ2v) is 4.45. The number of nitrogens with one attached hydrogen (secondary N) is 1. The van der Waals surface area contributed by atoms with E-state index in [1.165, 1.54) is 4.68 Å². The molecule has 2 rings (SSSR count). The first-order valence-electron chi connectivity index (χ1n) is 6.02. The molecule has 1 atom stereocenters. The highest BCUT2D eigenvalue weighted by Crippen LogP contribution is 2.20. The minimum Gasteiger partial charge on any atom is -0.476 e. The van der Waals surface area contributed by atoms with Crippen LogP contribution in [-0.4, -0.2) is 38.0 Å². The predicted molar refractivity (Wildman–Crippen MR) is 62.2 cm³/mol.